The number of hydrogen-bond donors (Lipinski definition) is 6. The lowest BCUT2D eigenvalue weighted by molar-refractivity contribution is -0.248. The summed E-state index contributed by atoms with van der Waals surface area (Å²) in [7, 11) is -9.68. The topological polar surface area (TPSA) is 310 Å². The molecule has 0 amide bonds. The Hall–Kier alpha value is -3.24. The van der Waals surface area contributed by atoms with Gasteiger partial charge in [0.15, 0.2) is 59.7 Å². The van der Waals surface area contributed by atoms with Crippen LogP contribution in [-0.4, -0.2) is 108 Å². The van der Waals surface area contributed by atoms with Gasteiger partial charge in [-0.25, -0.2) is 29.9 Å². The first kappa shape index (κ1) is 31.4. The quantitative estimate of drug-likeness (QED) is 0.140. The van der Waals surface area contributed by atoms with Crippen LogP contribution in [0, 0.1) is 0 Å². The minimum absolute atomic E-state index is 0.0246. The first-order valence-corrected chi connectivity index (χ1v) is 17.0. The van der Waals surface area contributed by atoms with E-state index >= 15 is 0 Å². The zero-order chi connectivity index (χ0) is 32.8. The molecule has 7 heterocycles. The maximum Gasteiger partial charge on any atom is 0.354 e. The van der Waals surface area contributed by atoms with Gasteiger partial charge in [-0.05, 0) is 13.8 Å². The molecule has 8 N–H and O–H groups in total. The van der Waals surface area contributed by atoms with Crippen molar-refractivity contribution in [3.8, 4) is 0 Å². The molecule has 3 aliphatic rings. The number of nitrogen functional groups attached to an aromatic ring is 2. The molecule has 4 aromatic heterocycles. The molecule has 24 heteroatoms. The van der Waals surface area contributed by atoms with Crippen molar-refractivity contribution in [3.05, 3.63) is 25.3 Å². The fourth-order valence-electron chi connectivity index (χ4n) is 5.52. The Morgan fingerprint density at radius 1 is 0.739 bits per heavy atom. The van der Waals surface area contributed by atoms with Crippen molar-refractivity contribution in [2.24, 2.45) is 0 Å². The second-order valence-corrected chi connectivity index (χ2v) is 14.6. The number of hydrogen-bond acceptors (Lipinski definition) is 18. The number of nitrogens with two attached hydrogens (primary N) is 2. The Balaban J connectivity index is 1.27. The third-order valence-corrected chi connectivity index (χ3v) is 9.95. The minimum Gasteiger partial charge on any atom is -0.385 e. The lowest BCUT2D eigenvalue weighted by atomic mass is 10.1. The number of ether oxygens (including phenoxy) is 4. The van der Waals surface area contributed by atoms with Gasteiger partial charge >= 0.3 is 15.2 Å². The monoisotopic (exact) mass is 686 g/mol. The van der Waals surface area contributed by atoms with Gasteiger partial charge in [0.2, 0.25) is 0 Å². The molecule has 4 bridgehead atoms. The summed E-state index contributed by atoms with van der Waals surface area (Å²) in [6.45, 7) is 2.44. The normalized spacial score (nSPS) is 40.4. The van der Waals surface area contributed by atoms with E-state index in [1.165, 1.54) is 35.6 Å². The van der Waals surface area contributed by atoms with Gasteiger partial charge in [0, 0.05) is 0 Å². The Morgan fingerprint density at radius 2 is 1.13 bits per heavy atom. The molecule has 10 atom stereocenters. The predicted octanol–water partition coefficient (Wildman–Crippen LogP) is -0.855. The lowest BCUT2D eigenvalue weighted by Gasteiger charge is -2.32. The third-order valence-electron chi connectivity index (χ3n) is 7.89. The molecule has 0 saturated carbocycles. The largest absolute Gasteiger partial charge is 0.385 e. The number of nitrogens with zero attached hydrogens (tertiary/aromatic N) is 8. The molecule has 22 nitrogen and oxygen atoms in total. The fraction of sp³-hybridized carbons (Fsp3) is 0.545. The first-order valence-electron chi connectivity index (χ1n) is 13.5. The summed E-state index contributed by atoms with van der Waals surface area (Å²) in [5.74, 6) is -4.22. The second-order valence-electron chi connectivity index (χ2n) is 11.1. The van der Waals surface area contributed by atoms with Crippen LogP contribution in [0.25, 0.3) is 22.3 Å². The van der Waals surface area contributed by atoms with Crippen molar-refractivity contribution in [3.63, 3.8) is 0 Å². The van der Waals surface area contributed by atoms with E-state index in [-0.39, 0.29) is 34.0 Å². The Morgan fingerprint density at radius 3 is 1.52 bits per heavy atom. The molecule has 248 valence electrons. The SMILES string of the molecule is C[C@]12OCP(=O)(O)O[C@H]3[C@H](n4cnc5c(N)ncnc54)O[C@](C)(OCP(=O)(O)O[C@@H]([C@H](n4cnc5c(N)ncnc54)O1)[C@@H]2O)[C@H]3O. The number of fused-ring (bicyclic) bond motifs is 6. The molecule has 0 spiro atoms. The zero-order valence-electron chi connectivity index (χ0n) is 23.9. The van der Waals surface area contributed by atoms with Crippen molar-refractivity contribution in [2.45, 2.75) is 62.3 Å². The van der Waals surface area contributed by atoms with Gasteiger partial charge < -0.3 is 50.4 Å². The summed E-state index contributed by atoms with van der Waals surface area (Å²) in [6.07, 6.45) is -7.36. The Bertz CT molecular complexity index is 1790. The van der Waals surface area contributed by atoms with Crippen molar-refractivity contribution in [1.82, 2.24) is 39.0 Å². The Kier molecular flexibility index (Phi) is 7.25. The highest BCUT2D eigenvalue weighted by Gasteiger charge is 2.60. The molecule has 3 fully saturated rings. The molecule has 3 saturated heterocycles. The van der Waals surface area contributed by atoms with Crippen molar-refractivity contribution in [2.75, 3.05) is 24.2 Å². The third kappa shape index (κ3) is 5.07. The molecular formula is C22H28N10O12P2. The molecule has 0 aliphatic carbocycles. The van der Waals surface area contributed by atoms with E-state index in [4.69, 9.17) is 39.5 Å². The molecule has 0 aromatic carbocycles. The van der Waals surface area contributed by atoms with Gasteiger partial charge in [-0.3, -0.25) is 27.3 Å². The summed E-state index contributed by atoms with van der Waals surface area (Å²) in [5.41, 5.74) is 12.3. The van der Waals surface area contributed by atoms with Gasteiger partial charge in [0.1, 0.15) is 48.1 Å². The first-order chi connectivity index (χ1) is 21.6. The van der Waals surface area contributed by atoms with E-state index in [2.05, 4.69) is 29.9 Å². The summed E-state index contributed by atoms with van der Waals surface area (Å²) >= 11 is 0. The van der Waals surface area contributed by atoms with Gasteiger partial charge in [-0.15, -0.1) is 0 Å². The maximum atomic E-state index is 13.5. The number of aromatic nitrogens is 8. The molecule has 0 radical (unpaired) electrons. The number of anilines is 2. The smallest absolute Gasteiger partial charge is 0.354 e. The van der Waals surface area contributed by atoms with Gasteiger partial charge in [0.25, 0.3) is 0 Å². The van der Waals surface area contributed by atoms with Crippen molar-refractivity contribution >= 4 is 49.2 Å². The average Bonchev–Trinajstić information content (AvgIpc) is 3.73. The van der Waals surface area contributed by atoms with Crippen molar-refractivity contribution < 1.29 is 57.1 Å². The number of aliphatic hydroxyl groups excluding tert-OH is 2. The molecule has 7 rings (SSSR count). The molecule has 4 aromatic rings. The molecular weight excluding hydrogens is 658 g/mol. The molecule has 3 aliphatic heterocycles. The average molecular weight is 686 g/mol. The fourth-order valence-corrected chi connectivity index (χ4v) is 7.68. The lowest BCUT2D eigenvalue weighted by Crippen LogP contribution is -2.45. The highest BCUT2D eigenvalue weighted by Crippen LogP contribution is 2.56. The van der Waals surface area contributed by atoms with Gasteiger partial charge in [-0.2, -0.15) is 0 Å². The maximum absolute atomic E-state index is 13.5. The highest BCUT2D eigenvalue weighted by atomic mass is 31.2. The minimum atomic E-state index is -4.84. The van der Waals surface area contributed by atoms with Crippen LogP contribution in [0.1, 0.15) is 26.3 Å². The summed E-state index contributed by atoms with van der Waals surface area (Å²) in [5, 5.41) is 22.7. The molecule has 2 unspecified atom stereocenters. The van der Waals surface area contributed by atoms with E-state index in [1.807, 2.05) is 0 Å². The van der Waals surface area contributed by atoms with Crippen LogP contribution in [0.3, 0.4) is 0 Å². The van der Waals surface area contributed by atoms with Crippen molar-refractivity contribution in [1.29, 1.82) is 0 Å². The van der Waals surface area contributed by atoms with Crippen LogP contribution in [0.2, 0.25) is 0 Å². The van der Waals surface area contributed by atoms with E-state index in [0.29, 0.717) is 0 Å². The number of imidazole rings is 2. The van der Waals surface area contributed by atoms with E-state index in [0.717, 1.165) is 12.7 Å². The molecule has 46 heavy (non-hydrogen) atoms. The van der Waals surface area contributed by atoms with E-state index in [9.17, 15) is 29.1 Å². The van der Waals surface area contributed by atoms with Gasteiger partial charge in [-0.1, -0.05) is 0 Å². The summed E-state index contributed by atoms with van der Waals surface area (Å²) < 4.78 is 63.8. The summed E-state index contributed by atoms with van der Waals surface area (Å²) in [6, 6.07) is 0. The summed E-state index contributed by atoms with van der Waals surface area (Å²) in [4.78, 5) is 46.2. The highest BCUT2D eigenvalue weighted by molar-refractivity contribution is 7.52. The van der Waals surface area contributed by atoms with E-state index in [1.54, 1.807) is 0 Å². The van der Waals surface area contributed by atoms with Crippen LogP contribution in [0.4, 0.5) is 11.6 Å². The van der Waals surface area contributed by atoms with Crippen LogP contribution in [-0.2, 0) is 37.1 Å². The predicted molar refractivity (Wildman–Crippen MR) is 150 cm³/mol. The number of rotatable bonds is 2. The van der Waals surface area contributed by atoms with Gasteiger partial charge in [0.05, 0.1) is 12.7 Å². The second kappa shape index (κ2) is 10.6. The standard InChI is InChI=1S/C22H28N10O12P2/c1-21-13(33)11(19(41-21)31-5-29-9-15(23)25-3-27-17(9)31)43-46(37,38)8-40-22(2)14(34)12(44-45(35,36)7-39-21)20(42-22)32-6-30-10-16(24)26-4-28-18(10)32/h3-6,11-14,19-20,33-34H,7-8H2,1-2H3,(H,35,36)(H,37,38)(H2,23,25,27)(H2,24,26,28)/t11-,12-,13+,14+,19-,20-,21+,22+/m1/s1. The van der Waals surface area contributed by atoms with E-state index < -0.39 is 76.3 Å². The van der Waals surface area contributed by atoms with Crippen LogP contribution in [0.15, 0.2) is 25.3 Å². The number of aliphatic hydroxyl groups is 2. The van der Waals surface area contributed by atoms with Crippen LogP contribution in [0.5, 0.6) is 0 Å². The van der Waals surface area contributed by atoms with Crippen LogP contribution >= 0.6 is 15.2 Å². The Labute approximate surface area is 257 Å². The van der Waals surface area contributed by atoms with Crippen LogP contribution < -0.4 is 11.5 Å². The zero-order valence-corrected chi connectivity index (χ0v) is 25.7.